The van der Waals surface area contributed by atoms with E-state index in [1.807, 2.05) is 32.0 Å². The number of rotatable bonds is 18. The maximum atomic E-state index is 13.1. The monoisotopic (exact) mass is 582 g/mol. The SMILES string of the molecule is C=CCCC(=O)N[C@@H](CCC(=O)O)C(=O)N[C@@H](CC(C)C)C(=O)N[C@@H](CS)C(=O)NCCc1ccccc1Cl. The van der Waals surface area contributed by atoms with E-state index >= 15 is 0 Å². The Morgan fingerprint density at radius 3 is 2.21 bits per heavy atom. The van der Waals surface area contributed by atoms with Gasteiger partial charge in [-0.05, 0) is 43.2 Å². The Morgan fingerprint density at radius 1 is 0.974 bits per heavy atom. The fourth-order valence-electron chi connectivity index (χ4n) is 3.62. The standard InChI is InChI=1S/C27H39ClN4O6S/c1-4-5-10-23(33)30-20(11-12-24(34)35)26(37)31-21(15-17(2)3)27(38)32-22(16-39)25(36)29-14-13-18-8-6-7-9-19(18)28/h4,6-9,17,20-22,39H,1,5,10-16H2,2-3H3,(H,29,36)(H,30,33)(H,31,37)(H,32,38)(H,34,35)/t20-,21-,22-/m0/s1. The van der Waals surface area contributed by atoms with Gasteiger partial charge in [-0.2, -0.15) is 12.6 Å². The van der Waals surface area contributed by atoms with Crippen LogP contribution in [0.2, 0.25) is 5.02 Å². The molecule has 1 rings (SSSR count). The molecule has 0 heterocycles. The van der Waals surface area contributed by atoms with Gasteiger partial charge in [-0.25, -0.2) is 0 Å². The molecule has 5 N–H and O–H groups in total. The largest absolute Gasteiger partial charge is 0.481 e. The summed E-state index contributed by atoms with van der Waals surface area (Å²) in [6.45, 7) is 7.57. The second-order valence-corrected chi connectivity index (χ2v) is 10.2. The molecule has 0 unspecified atom stereocenters. The normalized spacial score (nSPS) is 13.1. The third kappa shape index (κ3) is 13.5. The maximum absolute atomic E-state index is 13.1. The molecule has 0 fully saturated rings. The van der Waals surface area contributed by atoms with Crippen LogP contribution >= 0.6 is 24.2 Å². The van der Waals surface area contributed by atoms with Crippen molar-refractivity contribution in [1.82, 2.24) is 21.3 Å². The topological polar surface area (TPSA) is 154 Å². The fraction of sp³-hybridized carbons (Fsp3) is 0.519. The molecule has 0 saturated heterocycles. The van der Waals surface area contributed by atoms with Crippen molar-refractivity contribution in [3.05, 3.63) is 47.5 Å². The molecule has 1 aromatic rings. The summed E-state index contributed by atoms with van der Waals surface area (Å²) in [7, 11) is 0. The van der Waals surface area contributed by atoms with Crippen molar-refractivity contribution in [1.29, 1.82) is 0 Å². The van der Waals surface area contributed by atoms with Crippen molar-refractivity contribution in [2.75, 3.05) is 12.3 Å². The minimum Gasteiger partial charge on any atom is -0.481 e. The molecule has 12 heteroatoms. The van der Waals surface area contributed by atoms with Crippen LogP contribution in [0.1, 0.15) is 51.5 Å². The van der Waals surface area contributed by atoms with E-state index in [0.717, 1.165) is 5.56 Å². The van der Waals surface area contributed by atoms with Crippen LogP contribution in [0.3, 0.4) is 0 Å². The number of amides is 4. The van der Waals surface area contributed by atoms with Crippen LogP contribution in [0.25, 0.3) is 0 Å². The molecular weight excluding hydrogens is 544 g/mol. The number of nitrogens with one attached hydrogen (secondary N) is 4. The highest BCUT2D eigenvalue weighted by Crippen LogP contribution is 2.15. The number of thiol groups is 1. The molecule has 0 aliphatic heterocycles. The molecule has 1 aromatic carbocycles. The number of hydrogen-bond acceptors (Lipinski definition) is 6. The number of halogens is 1. The van der Waals surface area contributed by atoms with Crippen molar-refractivity contribution in [2.24, 2.45) is 5.92 Å². The predicted octanol–water partition coefficient (Wildman–Crippen LogP) is 2.26. The summed E-state index contributed by atoms with van der Waals surface area (Å²) in [6.07, 6.45) is 2.29. The summed E-state index contributed by atoms with van der Waals surface area (Å²) >= 11 is 10.3. The van der Waals surface area contributed by atoms with E-state index in [0.29, 0.717) is 24.4 Å². The fourth-order valence-corrected chi connectivity index (χ4v) is 4.11. The van der Waals surface area contributed by atoms with Crippen LogP contribution in [0.15, 0.2) is 36.9 Å². The minimum atomic E-state index is -1.14. The number of benzene rings is 1. The summed E-state index contributed by atoms with van der Waals surface area (Å²) in [5, 5.41) is 20.2. The van der Waals surface area contributed by atoms with E-state index in [4.69, 9.17) is 16.7 Å². The van der Waals surface area contributed by atoms with E-state index in [1.165, 1.54) is 0 Å². The zero-order chi connectivity index (χ0) is 29.4. The highest BCUT2D eigenvalue weighted by molar-refractivity contribution is 7.80. The zero-order valence-electron chi connectivity index (χ0n) is 22.4. The molecule has 10 nitrogen and oxygen atoms in total. The van der Waals surface area contributed by atoms with Gasteiger partial charge in [0, 0.05) is 30.2 Å². The highest BCUT2D eigenvalue weighted by atomic mass is 35.5. The Bertz CT molecular complexity index is 1010. The minimum absolute atomic E-state index is 0.000369. The molecule has 0 aromatic heterocycles. The first-order chi connectivity index (χ1) is 18.5. The van der Waals surface area contributed by atoms with E-state index in [9.17, 15) is 24.0 Å². The van der Waals surface area contributed by atoms with E-state index in [1.54, 1.807) is 12.1 Å². The first-order valence-corrected chi connectivity index (χ1v) is 13.8. The summed E-state index contributed by atoms with van der Waals surface area (Å²) in [5.41, 5.74) is 0.875. The lowest BCUT2D eigenvalue weighted by Gasteiger charge is -2.26. The number of carboxylic acids is 1. The molecule has 4 amide bonds. The first kappa shape index (κ1) is 34.0. The summed E-state index contributed by atoms with van der Waals surface area (Å²) in [5.74, 6) is -3.25. The molecule has 39 heavy (non-hydrogen) atoms. The third-order valence-electron chi connectivity index (χ3n) is 5.68. The molecule has 0 bridgehead atoms. The van der Waals surface area contributed by atoms with Gasteiger partial charge < -0.3 is 26.4 Å². The molecule has 0 saturated carbocycles. The number of aliphatic carboxylic acids is 1. The van der Waals surface area contributed by atoms with Crippen LogP contribution < -0.4 is 21.3 Å². The Morgan fingerprint density at radius 2 is 1.62 bits per heavy atom. The number of allylic oxidation sites excluding steroid dienone is 1. The van der Waals surface area contributed by atoms with Crippen LogP contribution in [0.5, 0.6) is 0 Å². The van der Waals surface area contributed by atoms with Gasteiger partial charge in [0.2, 0.25) is 23.6 Å². The lowest BCUT2D eigenvalue weighted by Crippen LogP contribution is -2.57. The van der Waals surface area contributed by atoms with Gasteiger partial charge in [-0.3, -0.25) is 24.0 Å². The predicted molar refractivity (Wildman–Crippen MR) is 154 cm³/mol. The Hall–Kier alpha value is -3.05. The second kappa shape index (κ2) is 18.3. The van der Waals surface area contributed by atoms with Crippen molar-refractivity contribution in [2.45, 2.75) is 70.5 Å². The quantitative estimate of drug-likeness (QED) is 0.115. The Kier molecular flexibility index (Phi) is 15.9. The van der Waals surface area contributed by atoms with Crippen LogP contribution in [0.4, 0.5) is 0 Å². The van der Waals surface area contributed by atoms with Crippen molar-refractivity contribution in [3.63, 3.8) is 0 Å². The van der Waals surface area contributed by atoms with Crippen LogP contribution in [-0.2, 0) is 30.4 Å². The van der Waals surface area contributed by atoms with Crippen molar-refractivity contribution < 1.29 is 29.1 Å². The molecule has 0 aliphatic rings. The highest BCUT2D eigenvalue weighted by Gasteiger charge is 2.30. The summed E-state index contributed by atoms with van der Waals surface area (Å²) in [6, 6.07) is 4.16. The van der Waals surface area contributed by atoms with Gasteiger partial charge in [0.15, 0.2) is 0 Å². The molecule has 0 spiro atoms. The van der Waals surface area contributed by atoms with Gasteiger partial charge in [0.25, 0.3) is 0 Å². The summed E-state index contributed by atoms with van der Waals surface area (Å²) in [4.78, 5) is 62.1. The molecule has 3 atom stereocenters. The average molecular weight is 583 g/mol. The lowest BCUT2D eigenvalue weighted by molar-refractivity contribution is -0.138. The molecule has 0 radical (unpaired) electrons. The van der Waals surface area contributed by atoms with Gasteiger partial charge in [-0.1, -0.05) is 49.7 Å². The number of carbonyl (C=O) groups is 5. The molecule has 216 valence electrons. The second-order valence-electron chi connectivity index (χ2n) is 9.45. The number of carbonyl (C=O) groups excluding carboxylic acids is 4. The van der Waals surface area contributed by atoms with Gasteiger partial charge >= 0.3 is 5.97 Å². The van der Waals surface area contributed by atoms with E-state index < -0.39 is 47.7 Å². The van der Waals surface area contributed by atoms with Gasteiger partial charge in [-0.15, -0.1) is 6.58 Å². The van der Waals surface area contributed by atoms with Crippen molar-refractivity contribution in [3.8, 4) is 0 Å². The lowest BCUT2D eigenvalue weighted by atomic mass is 10.0. The molecular formula is C27H39ClN4O6S. The van der Waals surface area contributed by atoms with Gasteiger partial charge in [0.1, 0.15) is 18.1 Å². The zero-order valence-corrected chi connectivity index (χ0v) is 24.0. The van der Waals surface area contributed by atoms with Crippen LogP contribution in [-0.4, -0.2) is 65.1 Å². The first-order valence-electron chi connectivity index (χ1n) is 12.8. The van der Waals surface area contributed by atoms with Crippen molar-refractivity contribution >= 4 is 53.8 Å². The van der Waals surface area contributed by atoms with Gasteiger partial charge in [0.05, 0.1) is 0 Å². The Labute approximate surface area is 240 Å². The molecule has 0 aliphatic carbocycles. The summed E-state index contributed by atoms with van der Waals surface area (Å²) < 4.78 is 0. The maximum Gasteiger partial charge on any atom is 0.303 e. The third-order valence-corrected chi connectivity index (χ3v) is 6.42. The smallest absolute Gasteiger partial charge is 0.303 e. The van der Waals surface area contributed by atoms with E-state index in [2.05, 4.69) is 40.5 Å². The number of hydrogen-bond donors (Lipinski definition) is 6. The number of carboxylic acid groups (broad SMARTS) is 1. The Balaban J connectivity index is 2.85. The van der Waals surface area contributed by atoms with E-state index in [-0.39, 0.29) is 37.4 Å². The van der Waals surface area contributed by atoms with Crippen LogP contribution in [0, 0.1) is 5.92 Å². The average Bonchev–Trinajstić information content (AvgIpc) is 2.88.